The van der Waals surface area contributed by atoms with Crippen molar-refractivity contribution in [3.63, 3.8) is 0 Å². The van der Waals surface area contributed by atoms with E-state index >= 15 is 0 Å². The molecule has 0 nitrogen and oxygen atoms in total. The van der Waals surface area contributed by atoms with Gasteiger partial charge >= 0.3 is 17.1 Å². The molecule has 0 aliphatic rings. The Morgan fingerprint density at radius 2 is 0.529 bits per heavy atom. The maximum atomic E-state index is 2.29. The Labute approximate surface area is 121 Å². The fourth-order valence-corrected chi connectivity index (χ4v) is 2.27. The van der Waals surface area contributed by atoms with Gasteiger partial charge in [-0.15, -0.1) is 0 Å². The molecule has 106 valence electrons. The third kappa shape index (κ3) is 19.1. The van der Waals surface area contributed by atoms with Crippen LogP contribution in [0.5, 0.6) is 0 Å². The average Bonchev–Trinajstić information content (AvgIpc) is 2.31. The summed E-state index contributed by atoms with van der Waals surface area (Å²) in [5, 5.41) is 0. The minimum atomic E-state index is 0. The van der Waals surface area contributed by atoms with Crippen molar-refractivity contribution in [2.75, 3.05) is 0 Å². The van der Waals surface area contributed by atoms with Crippen LogP contribution in [0.1, 0.15) is 104 Å². The molecule has 0 aliphatic heterocycles. The SMILES string of the molecule is CCCCCCCCCCCCCCCC.[SeH2]. The van der Waals surface area contributed by atoms with Crippen molar-refractivity contribution in [2.45, 2.75) is 104 Å². The summed E-state index contributed by atoms with van der Waals surface area (Å²) in [6.07, 6.45) is 20.4. The monoisotopic (exact) mass is 308 g/mol. The van der Waals surface area contributed by atoms with Crippen molar-refractivity contribution in [2.24, 2.45) is 0 Å². The van der Waals surface area contributed by atoms with Crippen LogP contribution in [0.2, 0.25) is 0 Å². The Hall–Kier alpha value is 0.519. The molecule has 0 saturated carbocycles. The Kier molecular flexibility index (Phi) is 22.0. The molecule has 0 heterocycles. The Balaban J connectivity index is 0. The van der Waals surface area contributed by atoms with Gasteiger partial charge in [0.15, 0.2) is 0 Å². The molecule has 0 aromatic carbocycles. The van der Waals surface area contributed by atoms with Crippen molar-refractivity contribution >= 4 is 17.1 Å². The van der Waals surface area contributed by atoms with E-state index in [2.05, 4.69) is 13.8 Å². The number of rotatable bonds is 13. The molecule has 1 heteroatoms. The van der Waals surface area contributed by atoms with E-state index in [9.17, 15) is 0 Å². The molecule has 0 aromatic rings. The van der Waals surface area contributed by atoms with Gasteiger partial charge < -0.3 is 0 Å². The van der Waals surface area contributed by atoms with Crippen LogP contribution in [0.15, 0.2) is 0 Å². The molecule has 0 atom stereocenters. The van der Waals surface area contributed by atoms with Gasteiger partial charge in [-0.1, -0.05) is 104 Å². The first-order valence-corrected chi connectivity index (χ1v) is 7.91. The topological polar surface area (TPSA) is 0 Å². The first-order chi connectivity index (χ1) is 7.91. The van der Waals surface area contributed by atoms with Crippen molar-refractivity contribution in [3.05, 3.63) is 0 Å². The summed E-state index contributed by atoms with van der Waals surface area (Å²) >= 11 is 0. The van der Waals surface area contributed by atoms with Crippen LogP contribution in [0.25, 0.3) is 0 Å². The average molecular weight is 307 g/mol. The number of hydrogen-bond donors (Lipinski definition) is 0. The van der Waals surface area contributed by atoms with Gasteiger partial charge in [0.2, 0.25) is 0 Å². The Morgan fingerprint density at radius 1 is 0.353 bits per heavy atom. The summed E-state index contributed by atoms with van der Waals surface area (Å²) in [6, 6.07) is 0. The van der Waals surface area contributed by atoms with E-state index in [1.165, 1.54) is 89.9 Å². The standard InChI is InChI=1S/C16H34.H2Se/c1-3-5-7-9-11-13-15-16-14-12-10-8-6-4-2;/h3-16H2,1-2H3;1H2. The molecule has 0 spiro atoms. The third-order valence-electron chi connectivity index (χ3n) is 3.46. The van der Waals surface area contributed by atoms with Crippen LogP contribution in [0, 0.1) is 0 Å². The van der Waals surface area contributed by atoms with Crippen molar-refractivity contribution < 1.29 is 0 Å². The molecule has 0 rings (SSSR count). The first kappa shape index (κ1) is 19.8. The van der Waals surface area contributed by atoms with Crippen LogP contribution in [0.4, 0.5) is 0 Å². The summed E-state index contributed by atoms with van der Waals surface area (Å²) in [7, 11) is 0. The Bertz CT molecular complexity index is 98.1. The molecular formula is C16H36Se. The fourth-order valence-electron chi connectivity index (χ4n) is 2.27. The van der Waals surface area contributed by atoms with Gasteiger partial charge in [-0.2, -0.15) is 0 Å². The molecular weight excluding hydrogens is 271 g/mol. The van der Waals surface area contributed by atoms with Crippen molar-refractivity contribution in [1.82, 2.24) is 0 Å². The van der Waals surface area contributed by atoms with E-state index in [1.807, 2.05) is 0 Å². The molecule has 0 unspecified atom stereocenters. The van der Waals surface area contributed by atoms with Crippen LogP contribution in [0.3, 0.4) is 0 Å². The van der Waals surface area contributed by atoms with Crippen LogP contribution in [-0.2, 0) is 0 Å². The molecule has 0 bridgehead atoms. The molecule has 0 saturated heterocycles. The predicted octanol–water partition coefficient (Wildman–Crippen LogP) is 5.57. The molecule has 17 heavy (non-hydrogen) atoms. The van der Waals surface area contributed by atoms with Gasteiger partial charge in [0.25, 0.3) is 0 Å². The first-order valence-electron chi connectivity index (χ1n) is 7.91. The van der Waals surface area contributed by atoms with E-state index in [1.54, 1.807) is 0 Å². The van der Waals surface area contributed by atoms with Gasteiger partial charge in [0.1, 0.15) is 0 Å². The predicted molar refractivity (Wildman–Crippen MR) is 84.5 cm³/mol. The fraction of sp³-hybridized carbons (Fsp3) is 1.00. The normalized spacial score (nSPS) is 10.2. The van der Waals surface area contributed by atoms with E-state index in [0.717, 1.165) is 0 Å². The second kappa shape index (κ2) is 18.9. The molecule has 0 N–H and O–H groups in total. The maximum absolute atomic E-state index is 2.29. The summed E-state index contributed by atoms with van der Waals surface area (Å²) in [4.78, 5) is 0. The Morgan fingerprint density at radius 3 is 0.706 bits per heavy atom. The zero-order valence-electron chi connectivity index (χ0n) is 12.4. The van der Waals surface area contributed by atoms with Gasteiger partial charge in [0.05, 0.1) is 0 Å². The number of hydrogen-bond acceptors (Lipinski definition) is 0. The van der Waals surface area contributed by atoms with E-state index in [0.29, 0.717) is 0 Å². The second-order valence-corrected chi connectivity index (χ2v) is 5.24. The summed E-state index contributed by atoms with van der Waals surface area (Å²) in [5.74, 6) is 0. The van der Waals surface area contributed by atoms with E-state index in [-0.39, 0.29) is 17.1 Å². The van der Waals surface area contributed by atoms with Gasteiger partial charge in [-0.3, -0.25) is 0 Å². The minimum absolute atomic E-state index is 0. The zero-order valence-corrected chi connectivity index (χ0v) is 14.5. The summed E-state index contributed by atoms with van der Waals surface area (Å²) in [6.45, 7) is 4.58. The molecule has 0 aliphatic carbocycles. The second-order valence-electron chi connectivity index (χ2n) is 5.24. The summed E-state index contributed by atoms with van der Waals surface area (Å²) in [5.41, 5.74) is 0. The molecule has 0 amide bonds. The van der Waals surface area contributed by atoms with Gasteiger partial charge in [-0.25, -0.2) is 0 Å². The zero-order chi connectivity index (χ0) is 11.9. The van der Waals surface area contributed by atoms with Crippen molar-refractivity contribution in [3.8, 4) is 0 Å². The molecule has 0 radical (unpaired) electrons. The molecule has 0 fully saturated rings. The third-order valence-corrected chi connectivity index (χ3v) is 3.46. The van der Waals surface area contributed by atoms with Gasteiger partial charge in [0, 0.05) is 0 Å². The molecule has 0 aromatic heterocycles. The number of unbranched alkanes of at least 4 members (excludes halogenated alkanes) is 13. The van der Waals surface area contributed by atoms with Crippen molar-refractivity contribution in [1.29, 1.82) is 0 Å². The van der Waals surface area contributed by atoms with Crippen LogP contribution >= 0.6 is 0 Å². The van der Waals surface area contributed by atoms with Crippen LogP contribution < -0.4 is 0 Å². The van der Waals surface area contributed by atoms with Gasteiger partial charge in [-0.05, 0) is 0 Å². The summed E-state index contributed by atoms with van der Waals surface area (Å²) < 4.78 is 0. The quantitative estimate of drug-likeness (QED) is 0.308. The van der Waals surface area contributed by atoms with E-state index in [4.69, 9.17) is 0 Å². The van der Waals surface area contributed by atoms with E-state index < -0.39 is 0 Å². The van der Waals surface area contributed by atoms with Crippen LogP contribution in [-0.4, -0.2) is 17.1 Å².